The van der Waals surface area contributed by atoms with Crippen molar-refractivity contribution in [3.63, 3.8) is 0 Å². The third kappa shape index (κ3) is 7.07. The van der Waals surface area contributed by atoms with E-state index in [9.17, 15) is 9.59 Å². The van der Waals surface area contributed by atoms with Gasteiger partial charge in [-0.3, -0.25) is 25.8 Å². The van der Waals surface area contributed by atoms with E-state index in [4.69, 9.17) is 17.0 Å². The van der Waals surface area contributed by atoms with Crippen molar-refractivity contribution in [2.24, 2.45) is 0 Å². The second kappa shape index (κ2) is 10.9. The summed E-state index contributed by atoms with van der Waals surface area (Å²) in [6.45, 7) is 2.35. The molecule has 2 amide bonds. The van der Waals surface area contributed by atoms with E-state index >= 15 is 0 Å². The summed E-state index contributed by atoms with van der Waals surface area (Å²) in [6.07, 6.45) is 1.84. The lowest BCUT2D eigenvalue weighted by Crippen LogP contribution is -2.48. The van der Waals surface area contributed by atoms with Gasteiger partial charge in [0.25, 0.3) is 5.91 Å². The van der Waals surface area contributed by atoms with Crippen LogP contribution in [0.3, 0.4) is 0 Å². The minimum absolute atomic E-state index is 0.0172. The molecule has 0 bridgehead atoms. The highest BCUT2D eigenvalue weighted by atomic mass is 32.1. The summed E-state index contributed by atoms with van der Waals surface area (Å²) in [6, 6.07) is 16.9. The number of nitrogens with one attached hydrogen (secondary N) is 3. The van der Waals surface area contributed by atoms with Gasteiger partial charge in [-0.2, -0.15) is 0 Å². The number of benzene rings is 2. The number of hydrogen-bond donors (Lipinski definition) is 3. The second-order valence-electron chi connectivity index (χ2n) is 5.79. The summed E-state index contributed by atoms with van der Waals surface area (Å²) in [5, 5.41) is 2.55. The first-order valence-corrected chi connectivity index (χ1v) is 9.17. The van der Waals surface area contributed by atoms with Crippen LogP contribution in [0.5, 0.6) is 5.75 Å². The van der Waals surface area contributed by atoms with Crippen LogP contribution in [0.4, 0.5) is 0 Å². The highest BCUT2D eigenvalue weighted by molar-refractivity contribution is 7.80. The molecule has 0 atom stereocenters. The quantitative estimate of drug-likeness (QED) is 0.505. The van der Waals surface area contributed by atoms with Gasteiger partial charge in [0, 0.05) is 12.8 Å². The Hall–Kier alpha value is -2.93. The summed E-state index contributed by atoms with van der Waals surface area (Å²) in [5.74, 6) is -0.130. The Morgan fingerprint density at radius 2 is 1.70 bits per heavy atom. The fourth-order valence-electron chi connectivity index (χ4n) is 2.32. The monoisotopic (exact) mass is 385 g/mol. The Morgan fingerprint density at radius 3 is 2.44 bits per heavy atom. The van der Waals surface area contributed by atoms with E-state index < -0.39 is 5.91 Å². The number of hydrogen-bond acceptors (Lipinski definition) is 4. The lowest BCUT2D eigenvalue weighted by Gasteiger charge is -2.13. The average Bonchev–Trinajstić information content (AvgIpc) is 2.68. The molecule has 6 nitrogen and oxygen atoms in total. The Bertz CT molecular complexity index is 781. The van der Waals surface area contributed by atoms with E-state index in [2.05, 4.69) is 16.2 Å². The molecule has 142 valence electrons. The van der Waals surface area contributed by atoms with Crippen LogP contribution in [-0.4, -0.2) is 23.5 Å². The van der Waals surface area contributed by atoms with E-state index in [0.717, 1.165) is 18.4 Å². The number of amides is 2. The van der Waals surface area contributed by atoms with Gasteiger partial charge in [0.15, 0.2) is 5.11 Å². The van der Waals surface area contributed by atoms with Crippen molar-refractivity contribution in [2.75, 3.05) is 6.61 Å². The van der Waals surface area contributed by atoms with Gasteiger partial charge >= 0.3 is 0 Å². The van der Waals surface area contributed by atoms with Crippen molar-refractivity contribution in [3.8, 4) is 5.75 Å². The molecule has 0 radical (unpaired) electrons. The maximum absolute atomic E-state index is 12.4. The number of rotatable bonds is 7. The maximum atomic E-state index is 12.4. The molecule has 0 unspecified atom stereocenters. The molecule has 2 rings (SSSR count). The van der Waals surface area contributed by atoms with Crippen LogP contribution in [0.2, 0.25) is 0 Å². The first-order chi connectivity index (χ1) is 13.1. The first-order valence-electron chi connectivity index (χ1n) is 8.76. The molecular weight excluding hydrogens is 362 g/mol. The van der Waals surface area contributed by atoms with Gasteiger partial charge in [-0.15, -0.1) is 0 Å². The second-order valence-corrected chi connectivity index (χ2v) is 6.19. The third-order valence-corrected chi connectivity index (χ3v) is 3.85. The summed E-state index contributed by atoms with van der Waals surface area (Å²) in [4.78, 5) is 23.9. The number of carbonyl (C=O) groups excluding carboxylic acids is 2. The topological polar surface area (TPSA) is 79.5 Å². The molecule has 7 heteroatoms. The van der Waals surface area contributed by atoms with Crippen LogP contribution in [0.25, 0.3) is 0 Å². The highest BCUT2D eigenvalue weighted by Crippen LogP contribution is 2.18. The molecule has 27 heavy (non-hydrogen) atoms. The van der Waals surface area contributed by atoms with Gasteiger partial charge in [0.05, 0.1) is 12.2 Å². The lowest BCUT2D eigenvalue weighted by atomic mass is 10.1. The van der Waals surface area contributed by atoms with E-state index in [1.807, 2.05) is 37.3 Å². The van der Waals surface area contributed by atoms with Crippen LogP contribution in [0.15, 0.2) is 54.6 Å². The number of thiocarbonyl (C=S) groups is 1. The van der Waals surface area contributed by atoms with Crippen molar-refractivity contribution in [2.45, 2.75) is 26.2 Å². The fraction of sp³-hybridized carbons (Fsp3) is 0.250. The predicted molar refractivity (Wildman–Crippen MR) is 108 cm³/mol. The molecule has 0 aliphatic carbocycles. The maximum Gasteiger partial charge on any atom is 0.261 e. The molecule has 0 spiro atoms. The van der Waals surface area contributed by atoms with Crippen LogP contribution >= 0.6 is 12.2 Å². The van der Waals surface area contributed by atoms with E-state index in [1.54, 1.807) is 24.3 Å². The van der Waals surface area contributed by atoms with Crippen LogP contribution in [-0.2, 0) is 11.2 Å². The first kappa shape index (κ1) is 20.4. The van der Waals surface area contributed by atoms with Gasteiger partial charge in [-0.1, -0.05) is 49.4 Å². The zero-order valence-corrected chi connectivity index (χ0v) is 16.0. The number of hydrazine groups is 1. The Balaban J connectivity index is 1.88. The molecule has 0 saturated carbocycles. The Labute approximate surface area is 164 Å². The zero-order chi connectivity index (χ0) is 19.5. The normalized spacial score (nSPS) is 9.96. The molecule has 0 aliphatic rings. The zero-order valence-electron chi connectivity index (χ0n) is 15.2. The standard InChI is InChI=1S/C20H23N3O3S/c1-2-8-18(24)22-23-20(27)21-19(25)16-11-6-7-12-17(16)26-14-13-15-9-4-3-5-10-15/h3-7,9-12H,2,8,13-14H2,1H3,(H,22,24)(H2,21,23,25,27). The smallest absolute Gasteiger partial charge is 0.261 e. The lowest BCUT2D eigenvalue weighted by molar-refractivity contribution is -0.121. The summed E-state index contributed by atoms with van der Waals surface area (Å²) in [5.41, 5.74) is 6.47. The summed E-state index contributed by atoms with van der Waals surface area (Å²) < 4.78 is 5.78. The van der Waals surface area contributed by atoms with E-state index in [0.29, 0.717) is 24.3 Å². The minimum Gasteiger partial charge on any atom is -0.492 e. The largest absolute Gasteiger partial charge is 0.492 e. The summed E-state index contributed by atoms with van der Waals surface area (Å²) >= 11 is 5.03. The average molecular weight is 385 g/mol. The van der Waals surface area contributed by atoms with Crippen LogP contribution in [0.1, 0.15) is 35.7 Å². The van der Waals surface area contributed by atoms with Gasteiger partial charge in [0.2, 0.25) is 5.91 Å². The molecule has 3 N–H and O–H groups in total. The fourth-order valence-corrected chi connectivity index (χ4v) is 2.47. The molecule has 0 aromatic heterocycles. The van der Waals surface area contributed by atoms with Crippen LogP contribution in [0, 0.1) is 0 Å². The summed E-state index contributed by atoms with van der Waals surface area (Å²) in [7, 11) is 0. The third-order valence-electron chi connectivity index (χ3n) is 3.64. The molecule has 2 aromatic rings. The molecule has 2 aromatic carbocycles. The molecule has 0 saturated heterocycles. The van der Waals surface area contributed by atoms with E-state index in [-0.39, 0.29) is 11.0 Å². The molecule has 0 aliphatic heterocycles. The van der Waals surface area contributed by atoms with Gasteiger partial charge in [-0.25, -0.2) is 0 Å². The van der Waals surface area contributed by atoms with Crippen molar-refractivity contribution in [1.29, 1.82) is 0 Å². The predicted octanol–water partition coefficient (Wildman–Crippen LogP) is 2.74. The van der Waals surface area contributed by atoms with E-state index in [1.165, 1.54) is 0 Å². The van der Waals surface area contributed by atoms with Crippen LogP contribution < -0.4 is 20.9 Å². The number of para-hydroxylation sites is 1. The minimum atomic E-state index is -0.410. The SMILES string of the molecule is CCCC(=O)NNC(=S)NC(=O)c1ccccc1OCCc1ccccc1. The van der Waals surface area contributed by atoms with Gasteiger partial charge in [-0.05, 0) is 36.3 Å². The Kier molecular flexibility index (Phi) is 8.25. The van der Waals surface area contributed by atoms with Gasteiger partial charge < -0.3 is 4.74 Å². The number of carbonyl (C=O) groups is 2. The molecule has 0 fully saturated rings. The van der Waals surface area contributed by atoms with Crippen molar-refractivity contribution >= 4 is 29.1 Å². The van der Waals surface area contributed by atoms with Crippen molar-refractivity contribution < 1.29 is 14.3 Å². The highest BCUT2D eigenvalue weighted by Gasteiger charge is 2.13. The van der Waals surface area contributed by atoms with Gasteiger partial charge in [0.1, 0.15) is 5.75 Å². The number of ether oxygens (including phenoxy) is 1. The molecule has 0 heterocycles. The Morgan fingerprint density at radius 1 is 1.00 bits per heavy atom. The van der Waals surface area contributed by atoms with Crippen molar-refractivity contribution in [1.82, 2.24) is 16.2 Å². The molecular formula is C20H23N3O3S. The van der Waals surface area contributed by atoms with Crippen molar-refractivity contribution in [3.05, 3.63) is 65.7 Å².